The Kier molecular flexibility index (Phi) is 5.08. The van der Waals surface area contributed by atoms with E-state index < -0.39 is 11.4 Å². The molecule has 0 radical (unpaired) electrons. The number of ether oxygens (including phenoxy) is 3. The van der Waals surface area contributed by atoms with Gasteiger partial charge in [-0.25, -0.2) is 4.79 Å². The second kappa shape index (κ2) is 5.90. The lowest BCUT2D eigenvalue weighted by molar-refractivity contribution is -0.298. The zero-order chi connectivity index (χ0) is 15.7. The molecule has 0 aromatic rings. The number of rotatable bonds is 2. The van der Waals surface area contributed by atoms with Crippen molar-refractivity contribution in [3.63, 3.8) is 0 Å². The summed E-state index contributed by atoms with van der Waals surface area (Å²) >= 11 is 0. The third-order valence-corrected chi connectivity index (χ3v) is 3.24. The first-order chi connectivity index (χ1) is 8.93. The van der Waals surface area contributed by atoms with Gasteiger partial charge in [-0.1, -0.05) is 13.8 Å². The minimum atomic E-state index is -0.611. The minimum Gasteiger partial charge on any atom is -0.444 e. The van der Waals surface area contributed by atoms with Gasteiger partial charge in [0.1, 0.15) is 5.60 Å². The van der Waals surface area contributed by atoms with Crippen LogP contribution < -0.4 is 0 Å². The zero-order valence-electron chi connectivity index (χ0n) is 14.0. The van der Waals surface area contributed by atoms with Crippen LogP contribution in [0, 0.1) is 5.92 Å². The van der Waals surface area contributed by atoms with Crippen molar-refractivity contribution in [2.45, 2.75) is 72.0 Å². The molecule has 118 valence electrons. The normalized spacial score (nSPS) is 26.4. The van der Waals surface area contributed by atoms with Gasteiger partial charge in [-0.2, -0.15) is 0 Å². The standard InChI is InChI=1S/C15H29NO4/c1-10(2)12-11(9-18-15(6,7)19-12)16(8)13(17)20-14(3,4)5/h10-12H,9H2,1-8H3/t11-,12+/m0/s1. The van der Waals surface area contributed by atoms with Gasteiger partial charge in [-0.05, 0) is 40.5 Å². The number of hydrogen-bond donors (Lipinski definition) is 0. The summed E-state index contributed by atoms with van der Waals surface area (Å²) in [7, 11) is 1.74. The molecule has 0 aromatic carbocycles. The summed E-state index contributed by atoms with van der Waals surface area (Å²) in [4.78, 5) is 13.8. The highest BCUT2D eigenvalue weighted by Gasteiger charge is 2.42. The van der Waals surface area contributed by atoms with Gasteiger partial charge in [-0.15, -0.1) is 0 Å². The largest absolute Gasteiger partial charge is 0.444 e. The molecule has 1 heterocycles. The maximum absolute atomic E-state index is 12.2. The van der Waals surface area contributed by atoms with Crippen LogP contribution in [0.1, 0.15) is 48.5 Å². The van der Waals surface area contributed by atoms with Crippen LogP contribution in [0.2, 0.25) is 0 Å². The Hall–Kier alpha value is -0.810. The van der Waals surface area contributed by atoms with Crippen molar-refractivity contribution in [1.29, 1.82) is 0 Å². The molecule has 1 aliphatic heterocycles. The van der Waals surface area contributed by atoms with Crippen molar-refractivity contribution >= 4 is 6.09 Å². The third kappa shape index (κ3) is 4.63. The van der Waals surface area contributed by atoms with Crippen LogP contribution in [0.25, 0.3) is 0 Å². The monoisotopic (exact) mass is 287 g/mol. The quantitative estimate of drug-likeness (QED) is 0.783. The van der Waals surface area contributed by atoms with Gasteiger partial charge in [0.05, 0.1) is 18.8 Å². The molecule has 0 aromatic heterocycles. The van der Waals surface area contributed by atoms with Crippen molar-refractivity contribution in [1.82, 2.24) is 4.90 Å². The highest BCUT2D eigenvalue weighted by atomic mass is 16.7. The molecule has 1 fully saturated rings. The highest BCUT2D eigenvalue weighted by Crippen LogP contribution is 2.29. The van der Waals surface area contributed by atoms with Crippen LogP contribution in [0.5, 0.6) is 0 Å². The van der Waals surface area contributed by atoms with E-state index in [-0.39, 0.29) is 24.2 Å². The topological polar surface area (TPSA) is 48.0 Å². The van der Waals surface area contributed by atoms with E-state index in [9.17, 15) is 4.79 Å². The summed E-state index contributed by atoms with van der Waals surface area (Å²) in [5.74, 6) is -0.326. The molecule has 0 bridgehead atoms. The molecular formula is C15H29NO4. The number of hydrogen-bond acceptors (Lipinski definition) is 4. The Morgan fingerprint density at radius 3 is 2.35 bits per heavy atom. The van der Waals surface area contributed by atoms with E-state index in [2.05, 4.69) is 13.8 Å². The fourth-order valence-corrected chi connectivity index (χ4v) is 2.20. The molecule has 0 aliphatic carbocycles. The summed E-state index contributed by atoms with van der Waals surface area (Å²) < 4.78 is 17.1. The van der Waals surface area contributed by atoms with Crippen molar-refractivity contribution in [2.24, 2.45) is 5.92 Å². The van der Waals surface area contributed by atoms with E-state index >= 15 is 0 Å². The Labute approximate surface area is 122 Å². The first kappa shape index (κ1) is 17.2. The van der Waals surface area contributed by atoms with Gasteiger partial charge in [0.15, 0.2) is 5.79 Å². The Bertz CT molecular complexity index is 346. The lowest BCUT2D eigenvalue weighted by Gasteiger charge is -2.45. The molecule has 0 N–H and O–H groups in total. The number of nitrogens with zero attached hydrogens (tertiary/aromatic N) is 1. The van der Waals surface area contributed by atoms with Crippen LogP contribution in [0.15, 0.2) is 0 Å². The van der Waals surface area contributed by atoms with Gasteiger partial charge >= 0.3 is 6.09 Å². The summed E-state index contributed by atoms with van der Waals surface area (Å²) in [5.41, 5.74) is -0.506. The Morgan fingerprint density at radius 1 is 1.35 bits per heavy atom. The van der Waals surface area contributed by atoms with Gasteiger partial charge < -0.3 is 19.1 Å². The number of amides is 1. The van der Waals surface area contributed by atoms with E-state index in [0.29, 0.717) is 6.61 Å². The van der Waals surface area contributed by atoms with E-state index in [4.69, 9.17) is 14.2 Å². The fraction of sp³-hybridized carbons (Fsp3) is 0.933. The molecule has 1 rings (SSSR count). The first-order valence-electron chi connectivity index (χ1n) is 7.20. The fourth-order valence-electron chi connectivity index (χ4n) is 2.20. The van der Waals surface area contributed by atoms with Crippen LogP contribution >= 0.6 is 0 Å². The summed E-state index contributed by atoms with van der Waals surface area (Å²) in [5, 5.41) is 0. The molecule has 20 heavy (non-hydrogen) atoms. The molecule has 2 atom stereocenters. The molecule has 0 spiro atoms. The van der Waals surface area contributed by atoms with Gasteiger partial charge in [0, 0.05) is 7.05 Å². The molecule has 1 aliphatic rings. The van der Waals surface area contributed by atoms with E-state index in [0.717, 1.165) is 0 Å². The van der Waals surface area contributed by atoms with E-state index in [1.807, 2.05) is 34.6 Å². The van der Waals surface area contributed by atoms with Gasteiger partial charge in [-0.3, -0.25) is 0 Å². The summed E-state index contributed by atoms with van der Waals surface area (Å²) in [6.07, 6.45) is -0.420. The Balaban J connectivity index is 2.80. The molecule has 5 heteroatoms. The summed E-state index contributed by atoms with van der Waals surface area (Å²) in [6.45, 7) is 14.0. The molecule has 0 saturated carbocycles. The smallest absolute Gasteiger partial charge is 0.410 e. The van der Waals surface area contributed by atoms with Gasteiger partial charge in [0.2, 0.25) is 0 Å². The highest BCUT2D eigenvalue weighted by molar-refractivity contribution is 5.68. The van der Waals surface area contributed by atoms with Gasteiger partial charge in [0.25, 0.3) is 0 Å². The summed E-state index contributed by atoms with van der Waals surface area (Å²) in [6, 6.07) is -0.141. The molecule has 5 nitrogen and oxygen atoms in total. The predicted octanol–water partition coefficient (Wildman–Crippen LogP) is 3.03. The average Bonchev–Trinajstić information content (AvgIpc) is 2.24. The number of likely N-dealkylation sites (N-methyl/N-ethyl adjacent to an activating group) is 1. The average molecular weight is 287 g/mol. The van der Waals surface area contributed by atoms with Crippen LogP contribution in [-0.4, -0.2) is 48.2 Å². The second-order valence-electron chi connectivity index (χ2n) is 7.20. The SMILES string of the molecule is CC(C)[C@H]1OC(C)(C)OC[C@@H]1N(C)C(=O)OC(C)(C)C. The van der Waals surface area contributed by atoms with Crippen molar-refractivity contribution in [2.75, 3.05) is 13.7 Å². The Morgan fingerprint density at radius 2 is 1.90 bits per heavy atom. The number of carbonyl (C=O) groups excluding carboxylic acids is 1. The molecular weight excluding hydrogens is 258 g/mol. The number of carbonyl (C=O) groups is 1. The lowest BCUT2D eigenvalue weighted by Crippen LogP contribution is -2.58. The molecule has 0 unspecified atom stereocenters. The molecule has 1 saturated heterocycles. The predicted molar refractivity (Wildman–Crippen MR) is 77.5 cm³/mol. The zero-order valence-corrected chi connectivity index (χ0v) is 14.0. The third-order valence-electron chi connectivity index (χ3n) is 3.24. The maximum atomic E-state index is 12.2. The van der Waals surface area contributed by atoms with E-state index in [1.54, 1.807) is 11.9 Å². The van der Waals surface area contributed by atoms with Crippen molar-refractivity contribution in [3.8, 4) is 0 Å². The minimum absolute atomic E-state index is 0.0729. The first-order valence-corrected chi connectivity index (χ1v) is 7.20. The molecule has 1 amide bonds. The lowest BCUT2D eigenvalue weighted by atomic mass is 9.97. The van der Waals surface area contributed by atoms with E-state index in [1.165, 1.54) is 0 Å². The van der Waals surface area contributed by atoms with Crippen molar-refractivity contribution in [3.05, 3.63) is 0 Å². The second-order valence-corrected chi connectivity index (χ2v) is 7.20. The van der Waals surface area contributed by atoms with Crippen LogP contribution in [0.3, 0.4) is 0 Å². The van der Waals surface area contributed by atoms with Crippen LogP contribution in [-0.2, 0) is 14.2 Å². The van der Waals surface area contributed by atoms with Crippen LogP contribution in [0.4, 0.5) is 4.79 Å². The maximum Gasteiger partial charge on any atom is 0.410 e. The van der Waals surface area contributed by atoms with Crippen molar-refractivity contribution < 1.29 is 19.0 Å².